The number of aromatic nitrogens is 1. The second-order valence-corrected chi connectivity index (χ2v) is 4.89. The van der Waals surface area contributed by atoms with Crippen molar-refractivity contribution in [1.29, 1.82) is 0 Å². The number of anilines is 1. The number of fused-ring (bicyclic) bond motifs is 1. The number of ether oxygens (including phenoxy) is 1. The molecule has 1 aromatic heterocycles. The van der Waals surface area contributed by atoms with Crippen LogP contribution in [-0.4, -0.2) is 25.2 Å². The van der Waals surface area contributed by atoms with Crippen molar-refractivity contribution >= 4 is 16.6 Å². The fourth-order valence-corrected chi connectivity index (χ4v) is 2.55. The van der Waals surface area contributed by atoms with E-state index in [1.54, 1.807) is 13.2 Å². The first-order chi connectivity index (χ1) is 9.71. The molecule has 0 aliphatic heterocycles. The number of nitrogens with zero attached hydrogens (tertiary/aromatic N) is 1. The van der Waals surface area contributed by atoms with Crippen LogP contribution in [0.4, 0.5) is 5.69 Å². The van der Waals surface area contributed by atoms with Crippen LogP contribution in [0.25, 0.3) is 10.9 Å². The molecule has 20 heavy (non-hydrogen) atoms. The van der Waals surface area contributed by atoms with Gasteiger partial charge >= 0.3 is 0 Å². The Morgan fingerprint density at radius 3 is 2.40 bits per heavy atom. The summed E-state index contributed by atoms with van der Waals surface area (Å²) in [6.07, 6.45) is 2.19. The average Bonchev–Trinajstić information content (AvgIpc) is 2.45. The third-order valence-corrected chi connectivity index (χ3v) is 3.38. The lowest BCUT2D eigenvalue weighted by Crippen LogP contribution is -2.25. The van der Waals surface area contributed by atoms with Crippen molar-refractivity contribution < 1.29 is 4.74 Å². The average molecular weight is 274 g/mol. The van der Waals surface area contributed by atoms with Crippen molar-refractivity contribution in [3.63, 3.8) is 0 Å². The van der Waals surface area contributed by atoms with E-state index in [2.05, 4.69) is 29.8 Å². The van der Waals surface area contributed by atoms with Gasteiger partial charge in [-0.05, 0) is 31.0 Å². The third kappa shape index (κ3) is 2.79. The van der Waals surface area contributed by atoms with Crippen molar-refractivity contribution in [1.82, 2.24) is 4.98 Å². The first-order valence-corrected chi connectivity index (χ1v) is 7.16. The molecule has 0 atom stereocenters. The molecule has 0 aliphatic carbocycles. The van der Waals surface area contributed by atoms with Crippen LogP contribution >= 0.6 is 0 Å². The van der Waals surface area contributed by atoms with Gasteiger partial charge in [0.25, 0.3) is 0 Å². The van der Waals surface area contributed by atoms with Gasteiger partial charge in [0.05, 0.1) is 12.6 Å². The Labute approximate surface area is 119 Å². The Hall–Kier alpha value is -1.97. The van der Waals surface area contributed by atoms with Gasteiger partial charge in [0.2, 0.25) is 5.56 Å². The van der Waals surface area contributed by atoms with E-state index >= 15 is 0 Å². The molecule has 0 saturated carbocycles. The van der Waals surface area contributed by atoms with Crippen LogP contribution in [0.2, 0.25) is 0 Å². The number of hydrogen-bond acceptors (Lipinski definition) is 3. The van der Waals surface area contributed by atoms with Gasteiger partial charge in [0.15, 0.2) is 0 Å². The molecule has 2 rings (SSSR count). The van der Waals surface area contributed by atoms with Crippen molar-refractivity contribution in [3.8, 4) is 5.75 Å². The molecule has 0 bridgehead atoms. The Balaban J connectivity index is 2.61. The molecule has 4 nitrogen and oxygen atoms in total. The van der Waals surface area contributed by atoms with E-state index in [-0.39, 0.29) is 5.56 Å². The predicted octanol–water partition coefficient (Wildman–Crippen LogP) is 3.16. The lowest BCUT2D eigenvalue weighted by Gasteiger charge is -2.25. The number of hydrogen-bond donors (Lipinski definition) is 1. The zero-order valence-electron chi connectivity index (χ0n) is 12.4. The third-order valence-electron chi connectivity index (χ3n) is 3.38. The molecule has 0 spiro atoms. The summed E-state index contributed by atoms with van der Waals surface area (Å²) in [5.74, 6) is 0.703. The van der Waals surface area contributed by atoms with Crippen LogP contribution in [-0.2, 0) is 0 Å². The fraction of sp³-hybridized carbons (Fsp3) is 0.438. The van der Waals surface area contributed by atoms with Gasteiger partial charge in [-0.3, -0.25) is 4.79 Å². The van der Waals surface area contributed by atoms with Gasteiger partial charge in [-0.25, -0.2) is 0 Å². The SMILES string of the molecule is CCCN(CCC)c1ccc(OC)c2[nH]c(=O)ccc12. The molecule has 1 N–H and O–H groups in total. The van der Waals surface area contributed by atoms with Gasteiger partial charge in [-0.2, -0.15) is 0 Å². The Bertz CT molecular complexity index is 628. The van der Waals surface area contributed by atoms with E-state index in [0.29, 0.717) is 5.75 Å². The van der Waals surface area contributed by atoms with Crippen molar-refractivity contribution in [2.45, 2.75) is 26.7 Å². The number of aromatic amines is 1. The van der Waals surface area contributed by atoms with Crippen LogP contribution < -0.4 is 15.2 Å². The molecule has 0 aliphatic rings. The van der Waals surface area contributed by atoms with E-state index in [1.807, 2.05) is 12.1 Å². The standard InChI is InChI=1S/C16H22N2O2/c1-4-10-18(11-5-2)13-7-8-14(20-3)16-12(13)6-9-15(19)17-16/h6-9H,4-5,10-11H2,1-3H3,(H,17,19). The lowest BCUT2D eigenvalue weighted by atomic mass is 10.1. The van der Waals surface area contributed by atoms with Gasteiger partial charge in [-0.1, -0.05) is 13.8 Å². The Morgan fingerprint density at radius 2 is 1.80 bits per heavy atom. The normalized spacial score (nSPS) is 10.8. The Kier molecular flexibility index (Phi) is 4.66. The summed E-state index contributed by atoms with van der Waals surface area (Å²) in [5, 5.41) is 1.03. The molecular weight excluding hydrogens is 252 g/mol. The molecule has 4 heteroatoms. The summed E-state index contributed by atoms with van der Waals surface area (Å²) in [4.78, 5) is 16.8. The second kappa shape index (κ2) is 6.46. The van der Waals surface area contributed by atoms with Crippen LogP contribution in [0, 0.1) is 0 Å². The maximum absolute atomic E-state index is 11.6. The van der Waals surface area contributed by atoms with E-state index < -0.39 is 0 Å². The summed E-state index contributed by atoms with van der Waals surface area (Å²) in [6.45, 7) is 6.37. The predicted molar refractivity (Wildman–Crippen MR) is 83.9 cm³/mol. The molecule has 0 radical (unpaired) electrons. The second-order valence-electron chi connectivity index (χ2n) is 4.89. The monoisotopic (exact) mass is 274 g/mol. The number of pyridine rings is 1. The molecule has 2 aromatic rings. The van der Waals surface area contributed by atoms with Crippen molar-refractivity contribution in [2.24, 2.45) is 0 Å². The topological polar surface area (TPSA) is 45.3 Å². The molecule has 0 unspecified atom stereocenters. The summed E-state index contributed by atoms with van der Waals surface area (Å²) < 4.78 is 5.35. The van der Waals surface area contributed by atoms with Crippen LogP contribution in [0.1, 0.15) is 26.7 Å². The highest BCUT2D eigenvalue weighted by molar-refractivity contribution is 5.95. The number of nitrogens with one attached hydrogen (secondary N) is 1. The van der Waals surface area contributed by atoms with Crippen LogP contribution in [0.5, 0.6) is 5.75 Å². The molecule has 108 valence electrons. The van der Waals surface area contributed by atoms with Crippen LogP contribution in [0.15, 0.2) is 29.1 Å². The smallest absolute Gasteiger partial charge is 0.248 e. The van der Waals surface area contributed by atoms with Crippen molar-refractivity contribution in [3.05, 3.63) is 34.6 Å². The molecule has 1 aromatic carbocycles. The molecule has 0 amide bonds. The van der Waals surface area contributed by atoms with E-state index in [1.165, 1.54) is 0 Å². The number of benzene rings is 1. The molecule has 0 fully saturated rings. The maximum Gasteiger partial charge on any atom is 0.248 e. The number of methoxy groups -OCH3 is 1. The minimum absolute atomic E-state index is 0.106. The molecular formula is C16H22N2O2. The highest BCUT2D eigenvalue weighted by Gasteiger charge is 2.12. The van der Waals surface area contributed by atoms with Gasteiger partial charge in [0.1, 0.15) is 5.75 Å². The van der Waals surface area contributed by atoms with Gasteiger partial charge in [-0.15, -0.1) is 0 Å². The zero-order valence-corrected chi connectivity index (χ0v) is 12.4. The zero-order chi connectivity index (χ0) is 14.5. The number of rotatable bonds is 6. The maximum atomic E-state index is 11.6. The van der Waals surface area contributed by atoms with Crippen LogP contribution in [0.3, 0.4) is 0 Å². The number of H-pyrrole nitrogens is 1. The van der Waals surface area contributed by atoms with Gasteiger partial charge in [0, 0.05) is 30.2 Å². The summed E-state index contributed by atoms with van der Waals surface area (Å²) in [6, 6.07) is 7.45. The first-order valence-electron chi connectivity index (χ1n) is 7.16. The summed E-state index contributed by atoms with van der Waals surface area (Å²) >= 11 is 0. The summed E-state index contributed by atoms with van der Waals surface area (Å²) in [7, 11) is 1.62. The highest BCUT2D eigenvalue weighted by atomic mass is 16.5. The summed E-state index contributed by atoms with van der Waals surface area (Å²) in [5.41, 5.74) is 1.82. The lowest BCUT2D eigenvalue weighted by molar-refractivity contribution is 0.419. The highest BCUT2D eigenvalue weighted by Crippen LogP contribution is 2.31. The van der Waals surface area contributed by atoms with E-state index in [9.17, 15) is 4.79 Å². The van der Waals surface area contributed by atoms with E-state index in [0.717, 1.165) is 42.5 Å². The molecule has 1 heterocycles. The largest absolute Gasteiger partial charge is 0.495 e. The van der Waals surface area contributed by atoms with E-state index in [4.69, 9.17) is 4.74 Å². The van der Waals surface area contributed by atoms with Gasteiger partial charge < -0.3 is 14.6 Å². The quantitative estimate of drug-likeness (QED) is 0.880. The minimum atomic E-state index is -0.106. The molecule has 0 saturated heterocycles. The van der Waals surface area contributed by atoms with Crippen molar-refractivity contribution in [2.75, 3.05) is 25.1 Å². The Morgan fingerprint density at radius 1 is 1.10 bits per heavy atom. The first kappa shape index (κ1) is 14.4. The minimum Gasteiger partial charge on any atom is -0.495 e. The fourth-order valence-electron chi connectivity index (χ4n) is 2.55.